The second kappa shape index (κ2) is 4.35. The maximum absolute atomic E-state index is 10.6. The number of hydrogen-bond acceptors (Lipinski definition) is 4. The fraction of sp³-hybridized carbons (Fsp3) is 0.300. The van der Waals surface area contributed by atoms with E-state index in [4.69, 9.17) is 0 Å². The van der Waals surface area contributed by atoms with E-state index in [2.05, 4.69) is 9.97 Å². The van der Waals surface area contributed by atoms with E-state index in [1.165, 1.54) is 4.88 Å². The molecule has 0 aromatic carbocycles. The average Bonchev–Trinajstić information content (AvgIpc) is 2.83. The van der Waals surface area contributed by atoms with E-state index in [1.807, 2.05) is 23.2 Å². The van der Waals surface area contributed by atoms with Crippen molar-refractivity contribution < 1.29 is 4.79 Å². The summed E-state index contributed by atoms with van der Waals surface area (Å²) in [6.45, 7) is 2.78. The SMILES string of the molecule is Cc1ncsc1CCn1ccnc1C=O. The van der Waals surface area contributed by atoms with Gasteiger partial charge in [0.2, 0.25) is 0 Å². The molecule has 0 aliphatic carbocycles. The maximum Gasteiger partial charge on any atom is 0.185 e. The van der Waals surface area contributed by atoms with Crippen molar-refractivity contribution in [1.82, 2.24) is 14.5 Å². The molecule has 0 radical (unpaired) electrons. The first-order valence-corrected chi connectivity index (χ1v) is 5.54. The molecule has 0 aliphatic heterocycles. The molecular formula is C10H11N3OS. The minimum atomic E-state index is 0.483. The predicted octanol–water partition coefficient (Wildman–Crippen LogP) is 1.70. The molecule has 4 nitrogen and oxygen atoms in total. The van der Waals surface area contributed by atoms with Crippen LogP contribution in [-0.2, 0) is 13.0 Å². The van der Waals surface area contributed by atoms with Gasteiger partial charge in [-0.15, -0.1) is 11.3 Å². The first kappa shape index (κ1) is 10.0. The molecule has 0 N–H and O–H groups in total. The van der Waals surface area contributed by atoms with Gasteiger partial charge in [0, 0.05) is 30.2 Å². The zero-order valence-corrected chi connectivity index (χ0v) is 9.20. The standard InChI is InChI=1S/C10H11N3OS/c1-8-9(15-7-12-8)2-4-13-5-3-11-10(13)6-14/h3,5-7H,2,4H2,1H3. The monoisotopic (exact) mass is 221 g/mol. The van der Waals surface area contributed by atoms with Crippen molar-refractivity contribution in [3.8, 4) is 0 Å². The van der Waals surface area contributed by atoms with Crippen LogP contribution in [0.4, 0.5) is 0 Å². The Morgan fingerprint density at radius 3 is 3.07 bits per heavy atom. The van der Waals surface area contributed by atoms with Gasteiger partial charge < -0.3 is 4.57 Å². The summed E-state index contributed by atoms with van der Waals surface area (Å²) in [6.07, 6.45) is 5.14. The molecule has 0 amide bonds. The lowest BCUT2D eigenvalue weighted by atomic mass is 10.3. The summed E-state index contributed by atoms with van der Waals surface area (Å²) in [5, 5.41) is 0. The molecule has 0 saturated carbocycles. The fourth-order valence-corrected chi connectivity index (χ4v) is 2.19. The Morgan fingerprint density at radius 1 is 1.53 bits per heavy atom. The Kier molecular flexibility index (Phi) is 2.91. The molecule has 2 aromatic heterocycles. The van der Waals surface area contributed by atoms with Crippen LogP contribution >= 0.6 is 11.3 Å². The molecule has 0 saturated heterocycles. The molecule has 0 unspecified atom stereocenters. The number of nitrogens with zero attached hydrogens (tertiary/aromatic N) is 3. The predicted molar refractivity (Wildman–Crippen MR) is 58.2 cm³/mol. The largest absolute Gasteiger partial charge is 0.328 e. The normalized spacial score (nSPS) is 10.5. The summed E-state index contributed by atoms with van der Waals surface area (Å²) in [6, 6.07) is 0. The van der Waals surface area contributed by atoms with Crippen LogP contribution in [0.3, 0.4) is 0 Å². The smallest absolute Gasteiger partial charge is 0.185 e. The minimum Gasteiger partial charge on any atom is -0.328 e. The zero-order chi connectivity index (χ0) is 10.7. The molecule has 0 bridgehead atoms. The summed E-state index contributed by atoms with van der Waals surface area (Å²) in [5.74, 6) is 0.483. The number of rotatable bonds is 4. The summed E-state index contributed by atoms with van der Waals surface area (Å²) in [4.78, 5) is 20.0. The molecule has 0 atom stereocenters. The third-order valence-electron chi connectivity index (χ3n) is 2.28. The van der Waals surface area contributed by atoms with Gasteiger partial charge in [-0.05, 0) is 6.92 Å². The molecule has 2 heterocycles. The highest BCUT2D eigenvalue weighted by molar-refractivity contribution is 7.09. The number of carbonyl (C=O) groups is 1. The van der Waals surface area contributed by atoms with E-state index < -0.39 is 0 Å². The van der Waals surface area contributed by atoms with Gasteiger partial charge in [-0.25, -0.2) is 9.97 Å². The van der Waals surface area contributed by atoms with Crippen LogP contribution in [0.15, 0.2) is 17.9 Å². The molecular weight excluding hydrogens is 210 g/mol. The van der Waals surface area contributed by atoms with Crippen molar-refractivity contribution in [2.24, 2.45) is 0 Å². The number of carbonyl (C=O) groups excluding carboxylic acids is 1. The number of thiazole rings is 1. The summed E-state index contributed by atoms with van der Waals surface area (Å²) < 4.78 is 1.85. The lowest BCUT2D eigenvalue weighted by molar-refractivity contribution is 0.111. The second-order valence-corrected chi connectivity index (χ2v) is 4.15. The van der Waals surface area contributed by atoms with Gasteiger partial charge in [-0.1, -0.05) is 0 Å². The minimum absolute atomic E-state index is 0.483. The van der Waals surface area contributed by atoms with Crippen LogP contribution in [0.2, 0.25) is 0 Å². The summed E-state index contributed by atoms with van der Waals surface area (Å²) in [5.41, 5.74) is 2.92. The highest BCUT2D eigenvalue weighted by Gasteiger charge is 2.04. The molecule has 0 fully saturated rings. The first-order valence-electron chi connectivity index (χ1n) is 4.66. The third-order valence-corrected chi connectivity index (χ3v) is 3.27. The molecule has 2 rings (SSSR count). The van der Waals surface area contributed by atoms with Crippen molar-refractivity contribution in [2.75, 3.05) is 0 Å². The van der Waals surface area contributed by atoms with E-state index in [9.17, 15) is 4.79 Å². The first-order chi connectivity index (χ1) is 7.31. The molecule has 5 heteroatoms. The summed E-state index contributed by atoms with van der Waals surface area (Å²) >= 11 is 1.65. The van der Waals surface area contributed by atoms with Crippen LogP contribution in [0.1, 0.15) is 21.2 Å². The fourth-order valence-electron chi connectivity index (χ4n) is 1.42. The number of hydrogen-bond donors (Lipinski definition) is 0. The topological polar surface area (TPSA) is 47.8 Å². The zero-order valence-electron chi connectivity index (χ0n) is 8.38. The Bertz CT molecular complexity index is 461. The Labute approximate surface area is 91.6 Å². The molecule has 0 aliphatic rings. The van der Waals surface area contributed by atoms with Gasteiger partial charge >= 0.3 is 0 Å². The van der Waals surface area contributed by atoms with E-state index in [0.29, 0.717) is 5.82 Å². The van der Waals surface area contributed by atoms with Crippen molar-refractivity contribution >= 4 is 17.6 Å². The molecule has 2 aromatic rings. The second-order valence-electron chi connectivity index (χ2n) is 3.21. The van der Waals surface area contributed by atoms with Gasteiger partial charge in [-0.2, -0.15) is 0 Å². The van der Waals surface area contributed by atoms with E-state index in [-0.39, 0.29) is 0 Å². The summed E-state index contributed by atoms with van der Waals surface area (Å²) in [7, 11) is 0. The average molecular weight is 221 g/mol. The van der Waals surface area contributed by atoms with Crippen LogP contribution in [-0.4, -0.2) is 20.8 Å². The highest BCUT2D eigenvalue weighted by Crippen LogP contribution is 2.13. The maximum atomic E-state index is 10.6. The number of aryl methyl sites for hydroxylation is 3. The van der Waals surface area contributed by atoms with E-state index in [0.717, 1.165) is 24.9 Å². The van der Waals surface area contributed by atoms with Gasteiger partial charge in [0.25, 0.3) is 0 Å². The van der Waals surface area contributed by atoms with Gasteiger partial charge in [-0.3, -0.25) is 4.79 Å². The van der Waals surface area contributed by atoms with Crippen molar-refractivity contribution in [3.63, 3.8) is 0 Å². The van der Waals surface area contributed by atoms with E-state index >= 15 is 0 Å². The van der Waals surface area contributed by atoms with Crippen molar-refractivity contribution in [3.05, 3.63) is 34.3 Å². The lowest BCUT2D eigenvalue weighted by Gasteiger charge is -2.02. The van der Waals surface area contributed by atoms with Crippen LogP contribution in [0.5, 0.6) is 0 Å². The third kappa shape index (κ3) is 2.12. The quantitative estimate of drug-likeness (QED) is 0.738. The number of aldehydes is 1. The Hall–Kier alpha value is -1.49. The molecule has 78 valence electrons. The van der Waals surface area contributed by atoms with Crippen LogP contribution in [0.25, 0.3) is 0 Å². The van der Waals surface area contributed by atoms with Gasteiger partial charge in [0.15, 0.2) is 12.1 Å². The molecule has 15 heavy (non-hydrogen) atoms. The van der Waals surface area contributed by atoms with E-state index in [1.54, 1.807) is 17.5 Å². The van der Waals surface area contributed by atoms with Crippen LogP contribution < -0.4 is 0 Å². The number of aromatic nitrogens is 3. The highest BCUT2D eigenvalue weighted by atomic mass is 32.1. The van der Waals surface area contributed by atoms with Crippen LogP contribution in [0, 0.1) is 6.92 Å². The van der Waals surface area contributed by atoms with Gasteiger partial charge in [0.05, 0.1) is 11.2 Å². The van der Waals surface area contributed by atoms with Gasteiger partial charge in [0.1, 0.15) is 0 Å². The van der Waals surface area contributed by atoms with Crippen molar-refractivity contribution in [1.29, 1.82) is 0 Å². The molecule has 0 spiro atoms. The lowest BCUT2D eigenvalue weighted by Crippen LogP contribution is -2.04. The number of imidazole rings is 1. The van der Waals surface area contributed by atoms with Crippen molar-refractivity contribution in [2.45, 2.75) is 19.9 Å². The Balaban J connectivity index is 2.05. The Morgan fingerprint density at radius 2 is 2.40 bits per heavy atom.